The molecule has 18 heavy (non-hydrogen) atoms. The summed E-state index contributed by atoms with van der Waals surface area (Å²) in [4.78, 5) is -0.308. The van der Waals surface area contributed by atoms with Crippen LogP contribution in [0.5, 0.6) is 0 Å². The molecule has 0 bridgehead atoms. The van der Waals surface area contributed by atoms with Gasteiger partial charge in [-0.3, -0.25) is 0 Å². The standard InChI is InChI=1S/C12H16FNO3S/c1-12(6-8-17-9-7-12)14-18(15,16)11-5-3-2-4-10(11)13/h2-5,14H,6-9H2,1H3. The van der Waals surface area contributed by atoms with Crippen molar-refractivity contribution >= 4 is 10.0 Å². The molecule has 1 aromatic carbocycles. The number of ether oxygens (including phenoxy) is 1. The van der Waals surface area contributed by atoms with Crippen molar-refractivity contribution in [3.63, 3.8) is 0 Å². The fraction of sp³-hybridized carbons (Fsp3) is 0.500. The second-order valence-corrected chi connectivity index (χ2v) is 6.36. The Bertz CT molecular complexity index is 524. The molecule has 0 aromatic heterocycles. The van der Waals surface area contributed by atoms with Gasteiger partial charge in [0.1, 0.15) is 10.7 Å². The van der Waals surface area contributed by atoms with Gasteiger partial charge in [-0.2, -0.15) is 0 Å². The minimum atomic E-state index is -3.83. The van der Waals surface area contributed by atoms with Gasteiger partial charge in [0.05, 0.1) is 0 Å². The van der Waals surface area contributed by atoms with E-state index in [9.17, 15) is 12.8 Å². The molecule has 0 aliphatic carbocycles. The van der Waals surface area contributed by atoms with E-state index < -0.39 is 21.4 Å². The highest BCUT2D eigenvalue weighted by Gasteiger charge is 2.33. The summed E-state index contributed by atoms with van der Waals surface area (Å²) in [5.74, 6) is -0.736. The van der Waals surface area contributed by atoms with Crippen LogP contribution in [0.2, 0.25) is 0 Å². The summed E-state index contributed by atoms with van der Waals surface area (Å²) < 4.78 is 45.6. The highest BCUT2D eigenvalue weighted by Crippen LogP contribution is 2.23. The zero-order valence-electron chi connectivity index (χ0n) is 10.1. The molecule has 1 aromatic rings. The lowest BCUT2D eigenvalue weighted by Gasteiger charge is -2.34. The molecule has 0 amide bonds. The zero-order chi connectivity index (χ0) is 13.2. The first-order valence-electron chi connectivity index (χ1n) is 5.79. The third kappa shape index (κ3) is 2.88. The molecule has 1 N–H and O–H groups in total. The van der Waals surface area contributed by atoms with E-state index in [0.717, 1.165) is 6.07 Å². The normalized spacial score (nSPS) is 19.7. The molecule has 0 atom stereocenters. The van der Waals surface area contributed by atoms with Crippen molar-refractivity contribution in [1.82, 2.24) is 4.72 Å². The lowest BCUT2D eigenvalue weighted by atomic mass is 9.94. The molecular formula is C12H16FNO3S. The van der Waals surface area contributed by atoms with Crippen molar-refractivity contribution in [3.05, 3.63) is 30.1 Å². The van der Waals surface area contributed by atoms with Crippen LogP contribution < -0.4 is 4.72 Å². The van der Waals surface area contributed by atoms with Gasteiger partial charge < -0.3 is 4.74 Å². The molecule has 1 aliphatic rings. The topological polar surface area (TPSA) is 55.4 Å². The van der Waals surface area contributed by atoms with Gasteiger partial charge in [-0.05, 0) is 31.9 Å². The largest absolute Gasteiger partial charge is 0.381 e. The lowest BCUT2D eigenvalue weighted by molar-refractivity contribution is 0.0537. The molecule has 1 fully saturated rings. The number of benzene rings is 1. The molecule has 0 saturated carbocycles. The summed E-state index contributed by atoms with van der Waals surface area (Å²) in [6.07, 6.45) is 1.17. The summed E-state index contributed by atoms with van der Waals surface area (Å²) in [6.45, 7) is 2.83. The molecule has 1 heterocycles. The Kier molecular flexibility index (Phi) is 3.70. The van der Waals surface area contributed by atoms with Crippen LogP contribution in [0.25, 0.3) is 0 Å². The number of sulfonamides is 1. The van der Waals surface area contributed by atoms with E-state index in [2.05, 4.69) is 4.72 Å². The Morgan fingerprint density at radius 3 is 2.50 bits per heavy atom. The third-order valence-corrected chi connectivity index (χ3v) is 4.77. The molecule has 100 valence electrons. The molecule has 0 unspecified atom stereocenters. The second kappa shape index (κ2) is 4.95. The fourth-order valence-electron chi connectivity index (χ4n) is 1.97. The average Bonchev–Trinajstić information content (AvgIpc) is 2.28. The Morgan fingerprint density at radius 2 is 1.89 bits per heavy atom. The molecule has 1 saturated heterocycles. The van der Waals surface area contributed by atoms with Crippen LogP contribution in [-0.4, -0.2) is 27.2 Å². The van der Waals surface area contributed by atoms with Gasteiger partial charge in [-0.15, -0.1) is 0 Å². The molecule has 0 radical (unpaired) electrons. The number of nitrogens with one attached hydrogen (secondary N) is 1. The van der Waals surface area contributed by atoms with Crippen molar-refractivity contribution in [3.8, 4) is 0 Å². The summed E-state index contributed by atoms with van der Waals surface area (Å²) >= 11 is 0. The summed E-state index contributed by atoms with van der Waals surface area (Å²) in [7, 11) is -3.83. The number of hydrogen-bond acceptors (Lipinski definition) is 3. The molecule has 1 aliphatic heterocycles. The predicted octanol–water partition coefficient (Wildman–Crippen LogP) is 1.67. The molecule has 4 nitrogen and oxygen atoms in total. The first kappa shape index (κ1) is 13.5. The number of halogens is 1. The van der Waals surface area contributed by atoms with Gasteiger partial charge in [0, 0.05) is 18.8 Å². The molecule has 6 heteroatoms. The monoisotopic (exact) mass is 273 g/mol. The summed E-state index contributed by atoms with van der Waals surface area (Å²) in [5, 5.41) is 0. The van der Waals surface area contributed by atoms with Gasteiger partial charge in [-0.1, -0.05) is 12.1 Å². The van der Waals surface area contributed by atoms with E-state index in [4.69, 9.17) is 4.74 Å². The Morgan fingerprint density at radius 1 is 1.28 bits per heavy atom. The lowest BCUT2D eigenvalue weighted by Crippen LogP contribution is -2.49. The SMILES string of the molecule is CC1(NS(=O)(=O)c2ccccc2F)CCOCC1. The fourth-order valence-corrected chi connectivity index (χ4v) is 3.51. The first-order valence-corrected chi connectivity index (χ1v) is 7.28. The maximum Gasteiger partial charge on any atom is 0.243 e. The van der Waals surface area contributed by atoms with Crippen LogP contribution in [0, 0.1) is 5.82 Å². The molecule has 2 rings (SSSR count). The maximum atomic E-state index is 13.5. The van der Waals surface area contributed by atoms with Crippen LogP contribution in [0.1, 0.15) is 19.8 Å². The quantitative estimate of drug-likeness (QED) is 0.911. The first-order chi connectivity index (χ1) is 8.43. The van der Waals surface area contributed by atoms with Crippen LogP contribution >= 0.6 is 0 Å². The van der Waals surface area contributed by atoms with Gasteiger partial charge >= 0.3 is 0 Å². The van der Waals surface area contributed by atoms with Gasteiger partial charge in [-0.25, -0.2) is 17.5 Å². The minimum Gasteiger partial charge on any atom is -0.381 e. The Labute approximate surface area is 106 Å². The van der Waals surface area contributed by atoms with Crippen LogP contribution in [0.3, 0.4) is 0 Å². The van der Waals surface area contributed by atoms with E-state index in [-0.39, 0.29) is 4.90 Å². The van der Waals surface area contributed by atoms with E-state index >= 15 is 0 Å². The second-order valence-electron chi connectivity index (χ2n) is 4.71. The highest BCUT2D eigenvalue weighted by molar-refractivity contribution is 7.89. The molecule has 0 spiro atoms. The van der Waals surface area contributed by atoms with E-state index in [1.54, 1.807) is 0 Å². The van der Waals surface area contributed by atoms with E-state index in [1.807, 2.05) is 6.92 Å². The van der Waals surface area contributed by atoms with Crippen LogP contribution in [0.4, 0.5) is 4.39 Å². The van der Waals surface area contributed by atoms with Crippen molar-refractivity contribution in [2.45, 2.75) is 30.2 Å². The Hall–Kier alpha value is -0.980. The maximum absolute atomic E-state index is 13.5. The summed E-state index contributed by atoms with van der Waals surface area (Å²) in [5.41, 5.74) is -0.570. The van der Waals surface area contributed by atoms with Gasteiger partial charge in [0.25, 0.3) is 0 Å². The van der Waals surface area contributed by atoms with Crippen molar-refractivity contribution in [2.24, 2.45) is 0 Å². The summed E-state index contributed by atoms with van der Waals surface area (Å²) in [6, 6.07) is 5.37. The third-order valence-electron chi connectivity index (χ3n) is 3.10. The number of rotatable bonds is 3. The zero-order valence-corrected chi connectivity index (χ0v) is 11.0. The van der Waals surface area contributed by atoms with Crippen LogP contribution in [0.15, 0.2) is 29.2 Å². The van der Waals surface area contributed by atoms with Crippen LogP contribution in [-0.2, 0) is 14.8 Å². The van der Waals surface area contributed by atoms with Crippen molar-refractivity contribution in [1.29, 1.82) is 0 Å². The van der Waals surface area contributed by atoms with Gasteiger partial charge in [0.2, 0.25) is 10.0 Å². The minimum absolute atomic E-state index is 0.308. The average molecular weight is 273 g/mol. The van der Waals surface area contributed by atoms with Gasteiger partial charge in [0.15, 0.2) is 0 Å². The highest BCUT2D eigenvalue weighted by atomic mass is 32.2. The Balaban J connectivity index is 2.25. The van der Waals surface area contributed by atoms with E-state index in [0.29, 0.717) is 26.1 Å². The smallest absolute Gasteiger partial charge is 0.243 e. The predicted molar refractivity (Wildman–Crippen MR) is 65.2 cm³/mol. The van der Waals surface area contributed by atoms with E-state index in [1.165, 1.54) is 18.2 Å². The molecular weight excluding hydrogens is 257 g/mol. The van der Waals surface area contributed by atoms with Crippen molar-refractivity contribution < 1.29 is 17.5 Å². The van der Waals surface area contributed by atoms with Crippen molar-refractivity contribution in [2.75, 3.05) is 13.2 Å². The number of hydrogen-bond donors (Lipinski definition) is 1.